The molecule has 2 fully saturated rings. The monoisotopic (exact) mass is 324 g/mol. The smallest absolute Gasteiger partial charge is 0.245 e. The fourth-order valence-electron chi connectivity index (χ4n) is 3.48. The average molecular weight is 324 g/mol. The van der Waals surface area contributed by atoms with Crippen molar-refractivity contribution in [2.45, 2.75) is 77.9 Å². The molecule has 5 nitrogen and oxygen atoms in total. The molecule has 0 saturated heterocycles. The van der Waals surface area contributed by atoms with Gasteiger partial charge in [0.15, 0.2) is 0 Å². The lowest BCUT2D eigenvalue weighted by Crippen LogP contribution is -2.54. The van der Waals surface area contributed by atoms with Crippen LogP contribution in [0.5, 0.6) is 0 Å². The molecule has 0 bridgehead atoms. The largest absolute Gasteiger partial charge is 0.391 e. The SMILES string of the molecule is CC(O)C(NC(=O)C1CC1)C(=O)NCC(C)(C)C1CCCCC1. The zero-order valence-electron chi connectivity index (χ0n) is 14.7. The second kappa shape index (κ2) is 7.65. The van der Waals surface area contributed by atoms with E-state index in [0.29, 0.717) is 12.5 Å². The van der Waals surface area contributed by atoms with E-state index in [-0.39, 0.29) is 23.1 Å². The van der Waals surface area contributed by atoms with Crippen molar-refractivity contribution in [3.8, 4) is 0 Å². The van der Waals surface area contributed by atoms with Gasteiger partial charge < -0.3 is 15.7 Å². The first-order chi connectivity index (χ1) is 10.8. The Labute approximate surface area is 139 Å². The van der Waals surface area contributed by atoms with Gasteiger partial charge in [0.1, 0.15) is 6.04 Å². The van der Waals surface area contributed by atoms with E-state index in [4.69, 9.17) is 0 Å². The fourth-order valence-corrected chi connectivity index (χ4v) is 3.48. The van der Waals surface area contributed by atoms with E-state index in [0.717, 1.165) is 12.8 Å². The summed E-state index contributed by atoms with van der Waals surface area (Å²) in [5, 5.41) is 15.5. The number of hydrogen-bond acceptors (Lipinski definition) is 3. The van der Waals surface area contributed by atoms with Gasteiger partial charge in [0, 0.05) is 12.5 Å². The molecular formula is C18H32N2O3. The summed E-state index contributed by atoms with van der Waals surface area (Å²) in [5.74, 6) is 0.265. The first-order valence-electron chi connectivity index (χ1n) is 9.07. The van der Waals surface area contributed by atoms with E-state index in [2.05, 4.69) is 24.5 Å². The van der Waals surface area contributed by atoms with Crippen molar-refractivity contribution in [3.05, 3.63) is 0 Å². The Bertz CT molecular complexity index is 424. The van der Waals surface area contributed by atoms with Crippen molar-refractivity contribution in [2.24, 2.45) is 17.3 Å². The molecule has 23 heavy (non-hydrogen) atoms. The topological polar surface area (TPSA) is 78.4 Å². The zero-order chi connectivity index (χ0) is 17.0. The van der Waals surface area contributed by atoms with Gasteiger partial charge in [0.2, 0.25) is 11.8 Å². The second-order valence-corrected chi connectivity index (χ2v) is 8.04. The average Bonchev–Trinajstić information content (AvgIpc) is 3.35. The molecule has 2 atom stereocenters. The molecule has 0 aromatic rings. The third-order valence-corrected chi connectivity index (χ3v) is 5.44. The van der Waals surface area contributed by atoms with Crippen LogP contribution in [-0.4, -0.2) is 35.6 Å². The van der Waals surface area contributed by atoms with Gasteiger partial charge in [0.25, 0.3) is 0 Å². The van der Waals surface area contributed by atoms with Crippen molar-refractivity contribution in [3.63, 3.8) is 0 Å². The third kappa shape index (κ3) is 5.20. The van der Waals surface area contributed by atoms with Gasteiger partial charge in [-0.2, -0.15) is 0 Å². The zero-order valence-corrected chi connectivity index (χ0v) is 14.7. The standard InChI is InChI=1S/C18H32N2O3/c1-12(21)15(20-16(22)13-9-10-13)17(23)19-11-18(2,3)14-7-5-4-6-8-14/h12-15,21H,4-11H2,1-3H3,(H,19,23)(H,20,22). The molecule has 2 saturated carbocycles. The summed E-state index contributed by atoms with van der Waals surface area (Å²) in [6.45, 7) is 6.52. The molecule has 0 radical (unpaired) electrons. The minimum absolute atomic E-state index is 0.0303. The Balaban J connectivity index is 1.85. The van der Waals surface area contributed by atoms with Crippen molar-refractivity contribution >= 4 is 11.8 Å². The van der Waals surface area contributed by atoms with Gasteiger partial charge in [0.05, 0.1) is 6.10 Å². The fraction of sp³-hybridized carbons (Fsp3) is 0.889. The number of hydrogen-bond donors (Lipinski definition) is 3. The Kier molecular flexibility index (Phi) is 6.06. The Morgan fingerprint density at radius 1 is 1.13 bits per heavy atom. The first kappa shape index (κ1) is 18.2. The van der Waals surface area contributed by atoms with Crippen molar-refractivity contribution in [1.82, 2.24) is 10.6 Å². The molecule has 2 rings (SSSR count). The van der Waals surface area contributed by atoms with Crippen LogP contribution in [0.4, 0.5) is 0 Å². The van der Waals surface area contributed by atoms with Crippen LogP contribution >= 0.6 is 0 Å². The van der Waals surface area contributed by atoms with Gasteiger partial charge in [-0.05, 0) is 43.9 Å². The van der Waals surface area contributed by atoms with E-state index < -0.39 is 12.1 Å². The normalized spacial score (nSPS) is 22.3. The highest BCUT2D eigenvalue weighted by Crippen LogP contribution is 2.37. The van der Waals surface area contributed by atoms with Crippen LogP contribution in [-0.2, 0) is 9.59 Å². The van der Waals surface area contributed by atoms with E-state index in [1.807, 2.05) is 0 Å². The van der Waals surface area contributed by atoms with E-state index in [9.17, 15) is 14.7 Å². The predicted octanol–water partition coefficient (Wildman–Crippen LogP) is 1.98. The highest BCUT2D eigenvalue weighted by Gasteiger charge is 2.35. The minimum atomic E-state index is -0.893. The first-order valence-corrected chi connectivity index (χ1v) is 9.07. The minimum Gasteiger partial charge on any atom is -0.391 e. The predicted molar refractivity (Wildman–Crippen MR) is 89.7 cm³/mol. The maximum absolute atomic E-state index is 12.4. The molecule has 2 aliphatic rings. The van der Waals surface area contributed by atoms with Crippen molar-refractivity contribution < 1.29 is 14.7 Å². The summed E-state index contributed by atoms with van der Waals surface area (Å²) >= 11 is 0. The molecule has 0 aliphatic heterocycles. The van der Waals surface area contributed by atoms with Crippen LogP contribution in [0.2, 0.25) is 0 Å². The molecule has 3 N–H and O–H groups in total. The van der Waals surface area contributed by atoms with E-state index in [1.54, 1.807) is 6.92 Å². The van der Waals surface area contributed by atoms with E-state index >= 15 is 0 Å². The van der Waals surface area contributed by atoms with Crippen LogP contribution in [0.3, 0.4) is 0 Å². The second-order valence-electron chi connectivity index (χ2n) is 8.04. The lowest BCUT2D eigenvalue weighted by atomic mass is 9.71. The van der Waals surface area contributed by atoms with Gasteiger partial charge in [-0.15, -0.1) is 0 Å². The van der Waals surface area contributed by atoms with Gasteiger partial charge in [-0.1, -0.05) is 33.1 Å². The summed E-state index contributed by atoms with van der Waals surface area (Å²) in [6.07, 6.45) is 7.18. The number of amides is 2. The summed E-state index contributed by atoms with van der Waals surface area (Å²) in [6, 6.07) is -0.856. The molecule has 5 heteroatoms. The van der Waals surface area contributed by atoms with Crippen LogP contribution in [0.1, 0.15) is 65.7 Å². The number of aliphatic hydroxyl groups is 1. The molecular weight excluding hydrogens is 292 g/mol. The van der Waals surface area contributed by atoms with Crippen molar-refractivity contribution in [2.75, 3.05) is 6.54 Å². The highest BCUT2D eigenvalue weighted by atomic mass is 16.3. The van der Waals surface area contributed by atoms with E-state index in [1.165, 1.54) is 32.1 Å². The van der Waals surface area contributed by atoms with Crippen LogP contribution in [0.25, 0.3) is 0 Å². The maximum Gasteiger partial charge on any atom is 0.245 e. The van der Waals surface area contributed by atoms with Gasteiger partial charge >= 0.3 is 0 Å². The molecule has 0 aromatic carbocycles. The third-order valence-electron chi connectivity index (χ3n) is 5.44. The quantitative estimate of drug-likeness (QED) is 0.670. The molecule has 132 valence electrons. The molecule has 0 spiro atoms. The van der Waals surface area contributed by atoms with Crippen LogP contribution < -0.4 is 10.6 Å². The van der Waals surface area contributed by atoms with Crippen LogP contribution in [0.15, 0.2) is 0 Å². The molecule has 2 unspecified atom stereocenters. The molecule has 2 amide bonds. The van der Waals surface area contributed by atoms with Crippen LogP contribution in [0, 0.1) is 17.3 Å². The lowest BCUT2D eigenvalue weighted by Gasteiger charge is -2.37. The summed E-state index contributed by atoms with van der Waals surface area (Å²) in [7, 11) is 0. The Morgan fingerprint density at radius 3 is 2.26 bits per heavy atom. The number of nitrogens with one attached hydrogen (secondary N) is 2. The summed E-state index contributed by atoms with van der Waals surface area (Å²) in [4.78, 5) is 24.3. The highest BCUT2D eigenvalue weighted by molar-refractivity contribution is 5.89. The number of aliphatic hydroxyl groups excluding tert-OH is 1. The van der Waals surface area contributed by atoms with Gasteiger partial charge in [-0.3, -0.25) is 9.59 Å². The Hall–Kier alpha value is -1.10. The Morgan fingerprint density at radius 2 is 1.74 bits per heavy atom. The number of rotatable bonds is 7. The lowest BCUT2D eigenvalue weighted by molar-refractivity contribution is -0.132. The van der Waals surface area contributed by atoms with Gasteiger partial charge in [-0.25, -0.2) is 0 Å². The summed E-state index contributed by atoms with van der Waals surface area (Å²) < 4.78 is 0. The maximum atomic E-state index is 12.4. The molecule has 0 heterocycles. The molecule has 2 aliphatic carbocycles. The summed E-state index contributed by atoms with van der Waals surface area (Å²) in [5.41, 5.74) is 0.0415. The molecule has 0 aromatic heterocycles. The number of carbonyl (C=O) groups excluding carboxylic acids is 2. The van der Waals surface area contributed by atoms with Crippen molar-refractivity contribution in [1.29, 1.82) is 0 Å². The number of carbonyl (C=O) groups is 2.